The summed E-state index contributed by atoms with van der Waals surface area (Å²) in [5, 5.41) is 4.09. The fourth-order valence-corrected chi connectivity index (χ4v) is 5.42. The van der Waals surface area contributed by atoms with Gasteiger partial charge in [-0.1, -0.05) is 94.6 Å². The summed E-state index contributed by atoms with van der Waals surface area (Å²) in [4.78, 5) is 29.0. The molecule has 0 aliphatic carbocycles. The van der Waals surface area contributed by atoms with Crippen molar-refractivity contribution in [1.29, 1.82) is 0 Å². The zero-order valence-corrected chi connectivity index (χ0v) is 24.8. The van der Waals surface area contributed by atoms with Gasteiger partial charge in [0.1, 0.15) is 6.04 Å². The lowest BCUT2D eigenvalue weighted by Crippen LogP contribution is -2.52. The maximum Gasteiger partial charge on any atom is 0.243 e. The molecule has 2 amide bonds. The van der Waals surface area contributed by atoms with Gasteiger partial charge in [0.2, 0.25) is 11.8 Å². The van der Waals surface area contributed by atoms with Gasteiger partial charge in [0.05, 0.1) is 15.8 Å². The first-order valence-electron chi connectivity index (χ1n) is 12.2. The number of thioether (sulfide) groups is 1. The van der Waals surface area contributed by atoms with Crippen molar-refractivity contribution in [2.45, 2.75) is 51.1 Å². The molecule has 4 nitrogen and oxygen atoms in total. The zero-order valence-electron chi connectivity index (χ0n) is 20.9. The van der Waals surface area contributed by atoms with Gasteiger partial charge >= 0.3 is 0 Å². The van der Waals surface area contributed by atoms with Crippen LogP contribution >= 0.6 is 50.9 Å². The largest absolute Gasteiger partial charge is 0.352 e. The minimum Gasteiger partial charge on any atom is -0.352 e. The Morgan fingerprint density at radius 3 is 2.35 bits per heavy atom. The highest BCUT2D eigenvalue weighted by Gasteiger charge is 2.31. The Morgan fingerprint density at radius 1 is 0.946 bits per heavy atom. The minimum atomic E-state index is -0.645. The minimum absolute atomic E-state index is 0.0117. The number of rotatable bonds is 12. The van der Waals surface area contributed by atoms with Gasteiger partial charge < -0.3 is 10.2 Å². The van der Waals surface area contributed by atoms with Crippen molar-refractivity contribution < 1.29 is 9.59 Å². The predicted molar refractivity (Wildman–Crippen MR) is 159 cm³/mol. The first-order chi connectivity index (χ1) is 17.8. The number of carbonyl (C=O) groups is 2. The molecule has 1 N–H and O–H groups in total. The summed E-state index contributed by atoms with van der Waals surface area (Å²) in [6, 6.07) is 22.5. The van der Waals surface area contributed by atoms with Crippen LogP contribution in [0.25, 0.3) is 0 Å². The zero-order chi connectivity index (χ0) is 26.8. The Kier molecular flexibility index (Phi) is 11.8. The second-order valence-corrected chi connectivity index (χ2v) is 11.6. The molecule has 0 radical (unpaired) electrons. The highest BCUT2D eigenvalue weighted by atomic mass is 79.9. The van der Waals surface area contributed by atoms with Crippen LogP contribution in [0.3, 0.4) is 0 Å². The van der Waals surface area contributed by atoms with Crippen LogP contribution in [0, 0.1) is 0 Å². The average Bonchev–Trinajstić information content (AvgIpc) is 2.88. The molecule has 0 aliphatic heterocycles. The lowest BCUT2D eigenvalue weighted by molar-refractivity contribution is -0.139. The Labute approximate surface area is 242 Å². The average molecular weight is 622 g/mol. The second-order valence-electron chi connectivity index (χ2n) is 8.92. The number of nitrogens with one attached hydrogen (secondary N) is 1. The number of halogens is 3. The molecule has 3 aromatic carbocycles. The molecule has 3 aromatic rings. The molecular formula is C29H31BrCl2N2O2S. The van der Waals surface area contributed by atoms with E-state index in [1.165, 1.54) is 11.8 Å². The first-order valence-corrected chi connectivity index (χ1v) is 14.9. The van der Waals surface area contributed by atoms with Gasteiger partial charge in [-0.05, 0) is 54.3 Å². The molecular weight excluding hydrogens is 591 g/mol. The van der Waals surface area contributed by atoms with Crippen molar-refractivity contribution in [2.24, 2.45) is 0 Å². The van der Waals surface area contributed by atoms with Crippen molar-refractivity contribution in [3.05, 3.63) is 104 Å². The Hall–Kier alpha value is -1.99. The van der Waals surface area contributed by atoms with Crippen LogP contribution in [0.2, 0.25) is 10.0 Å². The van der Waals surface area contributed by atoms with E-state index in [0.29, 0.717) is 28.8 Å². The van der Waals surface area contributed by atoms with Crippen LogP contribution in [0.4, 0.5) is 0 Å². The number of hydrogen-bond donors (Lipinski definition) is 1. The van der Waals surface area contributed by atoms with E-state index in [-0.39, 0.29) is 23.6 Å². The molecule has 0 aliphatic rings. The molecule has 0 unspecified atom stereocenters. The monoisotopic (exact) mass is 620 g/mol. The lowest BCUT2D eigenvalue weighted by Gasteiger charge is -2.32. The molecule has 0 saturated heterocycles. The van der Waals surface area contributed by atoms with Gasteiger partial charge in [0.25, 0.3) is 0 Å². The van der Waals surface area contributed by atoms with Crippen LogP contribution in [-0.2, 0) is 28.3 Å². The molecule has 0 bridgehead atoms. The maximum atomic E-state index is 13.7. The van der Waals surface area contributed by atoms with Crippen molar-refractivity contribution in [2.75, 3.05) is 5.75 Å². The standard InChI is InChI=1S/C29H31BrCl2N2O2S/c1-3-20(2)33-29(36)27(16-21-8-5-4-6-9-21)34(17-22-10-7-11-24(30)14-22)28(35)19-37-18-23-12-13-25(31)26(32)15-23/h4-15,20,27H,3,16-19H2,1-2H3,(H,33,36)/t20-,27+/m1/s1. The predicted octanol–water partition coefficient (Wildman–Crippen LogP) is 7.54. The highest BCUT2D eigenvalue weighted by Crippen LogP contribution is 2.25. The third kappa shape index (κ3) is 9.36. The van der Waals surface area contributed by atoms with Gasteiger partial charge in [0, 0.05) is 29.2 Å². The van der Waals surface area contributed by atoms with Gasteiger partial charge in [0.15, 0.2) is 0 Å². The first kappa shape index (κ1) is 29.6. The Bertz CT molecular complexity index is 1200. The molecule has 0 aromatic heterocycles. The van der Waals surface area contributed by atoms with Crippen LogP contribution in [0.15, 0.2) is 77.3 Å². The summed E-state index contributed by atoms with van der Waals surface area (Å²) in [5.41, 5.74) is 2.94. The summed E-state index contributed by atoms with van der Waals surface area (Å²) in [6.07, 6.45) is 1.24. The van der Waals surface area contributed by atoms with Crippen LogP contribution < -0.4 is 5.32 Å². The Morgan fingerprint density at radius 2 is 1.68 bits per heavy atom. The summed E-state index contributed by atoms with van der Waals surface area (Å²) in [6.45, 7) is 4.34. The van der Waals surface area contributed by atoms with Gasteiger partial charge in [-0.3, -0.25) is 9.59 Å². The van der Waals surface area contributed by atoms with Crippen molar-refractivity contribution in [1.82, 2.24) is 10.2 Å². The van der Waals surface area contributed by atoms with E-state index in [0.717, 1.165) is 27.6 Å². The summed E-state index contributed by atoms with van der Waals surface area (Å²) < 4.78 is 0.926. The van der Waals surface area contributed by atoms with E-state index in [1.54, 1.807) is 11.0 Å². The SMILES string of the molecule is CC[C@@H](C)NC(=O)[C@H](Cc1ccccc1)N(Cc1cccc(Br)c1)C(=O)CSCc1ccc(Cl)c(Cl)c1. The molecule has 0 saturated carbocycles. The molecule has 8 heteroatoms. The molecule has 2 atom stereocenters. The highest BCUT2D eigenvalue weighted by molar-refractivity contribution is 9.10. The number of hydrogen-bond acceptors (Lipinski definition) is 3. The van der Waals surface area contributed by atoms with Gasteiger partial charge in [-0.25, -0.2) is 0 Å². The number of amides is 2. The smallest absolute Gasteiger partial charge is 0.243 e. The normalized spacial score (nSPS) is 12.6. The van der Waals surface area contributed by atoms with Crippen LogP contribution in [-0.4, -0.2) is 34.6 Å². The Balaban J connectivity index is 1.85. The van der Waals surface area contributed by atoms with Crippen LogP contribution in [0.1, 0.15) is 37.0 Å². The third-order valence-electron chi connectivity index (χ3n) is 5.99. The van der Waals surface area contributed by atoms with E-state index in [4.69, 9.17) is 23.2 Å². The fraction of sp³-hybridized carbons (Fsp3) is 0.310. The summed E-state index contributed by atoms with van der Waals surface area (Å²) >= 11 is 17.2. The number of benzene rings is 3. The van der Waals surface area contributed by atoms with E-state index in [2.05, 4.69) is 21.2 Å². The van der Waals surface area contributed by atoms with Crippen molar-refractivity contribution in [3.63, 3.8) is 0 Å². The molecule has 3 rings (SSSR count). The van der Waals surface area contributed by atoms with Crippen molar-refractivity contribution >= 4 is 62.7 Å². The van der Waals surface area contributed by atoms with E-state index in [1.807, 2.05) is 80.6 Å². The van der Waals surface area contributed by atoms with E-state index in [9.17, 15) is 9.59 Å². The van der Waals surface area contributed by atoms with Crippen molar-refractivity contribution in [3.8, 4) is 0 Å². The topological polar surface area (TPSA) is 49.4 Å². The number of carbonyl (C=O) groups excluding carboxylic acids is 2. The van der Waals surface area contributed by atoms with E-state index < -0.39 is 6.04 Å². The quantitative estimate of drug-likeness (QED) is 0.227. The van der Waals surface area contributed by atoms with Gasteiger partial charge in [-0.15, -0.1) is 11.8 Å². The molecule has 196 valence electrons. The summed E-state index contributed by atoms with van der Waals surface area (Å²) in [7, 11) is 0. The van der Waals surface area contributed by atoms with Crippen LogP contribution in [0.5, 0.6) is 0 Å². The molecule has 37 heavy (non-hydrogen) atoms. The molecule has 0 fully saturated rings. The number of nitrogens with zero attached hydrogens (tertiary/aromatic N) is 1. The fourth-order valence-electron chi connectivity index (χ4n) is 3.80. The van der Waals surface area contributed by atoms with E-state index >= 15 is 0 Å². The third-order valence-corrected chi connectivity index (χ3v) is 8.21. The van der Waals surface area contributed by atoms with Gasteiger partial charge in [-0.2, -0.15) is 0 Å². The molecule has 0 spiro atoms. The molecule has 0 heterocycles. The second kappa shape index (κ2) is 14.8. The maximum absolute atomic E-state index is 13.7. The summed E-state index contributed by atoms with van der Waals surface area (Å²) in [5.74, 6) is 0.604. The lowest BCUT2D eigenvalue weighted by atomic mass is 10.0.